The zero-order valence-electron chi connectivity index (χ0n) is 24.9. The van der Waals surface area contributed by atoms with E-state index in [1.807, 2.05) is 42.6 Å². The van der Waals surface area contributed by atoms with Crippen LogP contribution in [0.3, 0.4) is 0 Å². The molecule has 42 heavy (non-hydrogen) atoms. The molecule has 10 heteroatoms. The Labute approximate surface area is 246 Å². The highest BCUT2D eigenvalue weighted by molar-refractivity contribution is 6.46. The van der Waals surface area contributed by atoms with Crippen molar-refractivity contribution >= 4 is 23.1 Å². The highest BCUT2D eigenvalue weighted by Crippen LogP contribution is 2.42. The van der Waals surface area contributed by atoms with Gasteiger partial charge in [0.25, 0.3) is 11.7 Å². The molecule has 1 unspecified atom stereocenters. The third kappa shape index (κ3) is 5.73. The van der Waals surface area contributed by atoms with Crippen LogP contribution in [0.1, 0.15) is 54.7 Å². The topological polar surface area (TPSA) is 106 Å². The number of ether oxygens (including phenoxy) is 3. The number of imidazole rings is 1. The number of unbranched alkanes of at least 4 members (excludes halogenated alkanes) is 1. The number of likely N-dealkylation sites (tertiary alicyclic amines) is 1. The fourth-order valence-corrected chi connectivity index (χ4v) is 5.72. The number of aryl methyl sites for hydroxylation is 2. The largest absolute Gasteiger partial charge is 0.505 e. The maximum Gasteiger partial charge on any atom is 0.295 e. The molecule has 2 aliphatic heterocycles. The standard InChI is InChI=1S/C32H40N4O6/c1-5-6-17-42-24-11-10-23(20-25(24)40-4)28-26(29(37)27-22(3)35-13-7-9-21(2)31(35)33-27)30(38)32(39)36(28)14-8-12-34-15-18-41-19-16-34/h7,9-11,13,20,28,37H,5-6,8,12,14-19H2,1-4H3/b29-26+. The molecule has 1 amide bonds. The Morgan fingerprint density at radius 2 is 1.88 bits per heavy atom. The SMILES string of the molecule is CCCCOc1ccc(C2/C(=C(\O)c3nc4c(C)cccn4c3C)C(=O)C(=O)N2CCCN2CCOCC2)cc1OC. The van der Waals surface area contributed by atoms with Crippen LogP contribution < -0.4 is 9.47 Å². The molecule has 1 aromatic carbocycles. The van der Waals surface area contributed by atoms with Crippen LogP contribution in [0.4, 0.5) is 0 Å². The average molecular weight is 577 g/mol. The van der Waals surface area contributed by atoms with Gasteiger partial charge in [0.1, 0.15) is 11.3 Å². The number of benzene rings is 1. The Kier molecular flexibility index (Phi) is 9.13. The molecule has 2 aromatic heterocycles. The number of fused-ring (bicyclic) bond motifs is 1. The second-order valence-corrected chi connectivity index (χ2v) is 10.8. The number of nitrogens with zero attached hydrogens (tertiary/aromatic N) is 4. The van der Waals surface area contributed by atoms with Crippen molar-refractivity contribution in [2.75, 3.05) is 53.1 Å². The van der Waals surface area contributed by atoms with E-state index < -0.39 is 17.7 Å². The second-order valence-electron chi connectivity index (χ2n) is 10.8. The summed E-state index contributed by atoms with van der Waals surface area (Å²) in [6, 6.07) is 8.47. The number of pyridine rings is 1. The van der Waals surface area contributed by atoms with E-state index in [1.165, 1.54) is 0 Å². The van der Waals surface area contributed by atoms with Crippen LogP contribution in [0.25, 0.3) is 11.4 Å². The number of methoxy groups -OCH3 is 1. The Bertz CT molecular complexity index is 1490. The van der Waals surface area contributed by atoms with Crippen molar-refractivity contribution < 1.29 is 28.9 Å². The molecule has 0 aliphatic carbocycles. The monoisotopic (exact) mass is 576 g/mol. The van der Waals surface area contributed by atoms with Crippen molar-refractivity contribution in [3.63, 3.8) is 0 Å². The Hall–Kier alpha value is -3.89. The van der Waals surface area contributed by atoms with Crippen LogP contribution in [0.15, 0.2) is 42.1 Å². The van der Waals surface area contributed by atoms with Crippen LogP contribution in [-0.2, 0) is 14.3 Å². The molecule has 4 heterocycles. The number of Topliss-reactive ketones (excluding diaryl/α,β-unsaturated/α-hetero) is 1. The van der Waals surface area contributed by atoms with Gasteiger partial charge in [-0.15, -0.1) is 0 Å². The predicted octanol–water partition coefficient (Wildman–Crippen LogP) is 4.28. The first-order valence-corrected chi connectivity index (χ1v) is 14.7. The van der Waals surface area contributed by atoms with Gasteiger partial charge in [-0.3, -0.25) is 14.5 Å². The molecule has 0 radical (unpaired) electrons. The molecule has 224 valence electrons. The van der Waals surface area contributed by atoms with Crippen LogP contribution in [0.2, 0.25) is 0 Å². The highest BCUT2D eigenvalue weighted by Gasteiger charge is 2.46. The number of rotatable bonds is 11. The molecule has 2 fully saturated rings. The predicted molar refractivity (Wildman–Crippen MR) is 159 cm³/mol. The second kappa shape index (κ2) is 13.0. The van der Waals surface area contributed by atoms with E-state index in [4.69, 9.17) is 19.2 Å². The molecule has 0 bridgehead atoms. The van der Waals surface area contributed by atoms with Crippen molar-refractivity contribution in [3.05, 3.63) is 64.6 Å². The van der Waals surface area contributed by atoms with Gasteiger partial charge in [0.2, 0.25) is 0 Å². The first-order valence-electron chi connectivity index (χ1n) is 14.7. The van der Waals surface area contributed by atoms with Crippen LogP contribution >= 0.6 is 0 Å². The first-order chi connectivity index (χ1) is 20.3. The van der Waals surface area contributed by atoms with Gasteiger partial charge in [0, 0.05) is 32.4 Å². The molecule has 10 nitrogen and oxygen atoms in total. The summed E-state index contributed by atoms with van der Waals surface area (Å²) in [6.45, 7) is 10.6. The lowest BCUT2D eigenvalue weighted by molar-refractivity contribution is -0.140. The van der Waals surface area contributed by atoms with Crippen molar-refractivity contribution in [1.29, 1.82) is 0 Å². The maximum absolute atomic E-state index is 13.6. The number of aromatic nitrogens is 2. The zero-order valence-corrected chi connectivity index (χ0v) is 24.9. The van der Waals surface area contributed by atoms with Gasteiger partial charge in [-0.25, -0.2) is 4.98 Å². The third-order valence-electron chi connectivity index (χ3n) is 8.08. The van der Waals surface area contributed by atoms with Gasteiger partial charge >= 0.3 is 0 Å². The fraction of sp³-hybridized carbons (Fsp3) is 0.469. The van der Waals surface area contributed by atoms with Gasteiger partial charge in [-0.05, 0) is 56.0 Å². The fourth-order valence-electron chi connectivity index (χ4n) is 5.72. The number of carbonyl (C=O) groups excluding carboxylic acids is 2. The summed E-state index contributed by atoms with van der Waals surface area (Å²) in [4.78, 5) is 35.7. The van der Waals surface area contributed by atoms with E-state index in [1.54, 1.807) is 24.1 Å². The van der Waals surface area contributed by atoms with Crippen LogP contribution in [0, 0.1) is 13.8 Å². The first kappa shape index (κ1) is 29.6. The third-order valence-corrected chi connectivity index (χ3v) is 8.08. The lowest BCUT2D eigenvalue weighted by atomic mass is 9.96. The summed E-state index contributed by atoms with van der Waals surface area (Å²) in [5, 5.41) is 11.7. The van der Waals surface area contributed by atoms with Gasteiger partial charge < -0.3 is 28.6 Å². The van der Waals surface area contributed by atoms with Crippen molar-refractivity contribution in [2.24, 2.45) is 0 Å². The summed E-state index contributed by atoms with van der Waals surface area (Å²) in [5.74, 6) is -0.549. The number of aliphatic hydroxyl groups is 1. The van der Waals surface area contributed by atoms with Crippen molar-refractivity contribution in [2.45, 2.75) is 46.1 Å². The van der Waals surface area contributed by atoms with E-state index in [-0.39, 0.29) is 17.0 Å². The molecule has 5 rings (SSSR count). The van der Waals surface area contributed by atoms with Crippen molar-refractivity contribution in [3.8, 4) is 11.5 Å². The van der Waals surface area contributed by atoms with E-state index in [2.05, 4.69) is 11.8 Å². The van der Waals surface area contributed by atoms with E-state index in [9.17, 15) is 14.7 Å². The molecule has 0 spiro atoms. The van der Waals surface area contributed by atoms with Gasteiger partial charge in [0.05, 0.1) is 44.2 Å². The number of amides is 1. The van der Waals surface area contributed by atoms with E-state index >= 15 is 0 Å². The molecular weight excluding hydrogens is 536 g/mol. The van der Waals surface area contributed by atoms with Crippen LogP contribution in [0.5, 0.6) is 11.5 Å². The summed E-state index contributed by atoms with van der Waals surface area (Å²) in [6.07, 6.45) is 4.45. The molecule has 0 saturated carbocycles. The molecular formula is C32H40N4O6. The normalized spacial score (nSPS) is 19.1. The Balaban J connectivity index is 1.56. The Morgan fingerprint density at radius 3 is 2.60 bits per heavy atom. The van der Waals surface area contributed by atoms with Gasteiger partial charge in [-0.2, -0.15) is 0 Å². The Morgan fingerprint density at radius 1 is 1.10 bits per heavy atom. The minimum Gasteiger partial charge on any atom is -0.505 e. The van der Waals surface area contributed by atoms with Crippen molar-refractivity contribution in [1.82, 2.24) is 19.2 Å². The number of aliphatic hydroxyl groups excluding tert-OH is 1. The number of hydrogen-bond donors (Lipinski definition) is 1. The number of hydrogen-bond acceptors (Lipinski definition) is 8. The number of carbonyl (C=O) groups is 2. The summed E-state index contributed by atoms with van der Waals surface area (Å²) in [7, 11) is 1.56. The number of ketones is 1. The highest BCUT2D eigenvalue weighted by atomic mass is 16.5. The number of morpholine rings is 1. The lowest BCUT2D eigenvalue weighted by Gasteiger charge is -2.29. The molecule has 3 aromatic rings. The minimum atomic E-state index is -0.807. The lowest BCUT2D eigenvalue weighted by Crippen LogP contribution is -2.39. The molecule has 2 aliphatic rings. The molecule has 1 atom stereocenters. The zero-order chi connectivity index (χ0) is 29.8. The minimum absolute atomic E-state index is 0.0252. The van der Waals surface area contributed by atoms with E-state index in [0.717, 1.165) is 38.0 Å². The van der Waals surface area contributed by atoms with Crippen LogP contribution in [-0.4, -0.2) is 89.1 Å². The van der Waals surface area contributed by atoms with Gasteiger partial charge in [0.15, 0.2) is 17.3 Å². The average Bonchev–Trinajstić information content (AvgIpc) is 3.47. The molecule has 1 N–H and O–H groups in total. The molecule has 2 saturated heterocycles. The summed E-state index contributed by atoms with van der Waals surface area (Å²) < 4.78 is 18.9. The summed E-state index contributed by atoms with van der Waals surface area (Å²) >= 11 is 0. The maximum atomic E-state index is 13.6. The smallest absolute Gasteiger partial charge is 0.295 e. The van der Waals surface area contributed by atoms with E-state index in [0.29, 0.717) is 61.2 Å². The quantitative estimate of drug-likeness (QED) is 0.156. The van der Waals surface area contributed by atoms with Gasteiger partial charge in [-0.1, -0.05) is 25.5 Å². The summed E-state index contributed by atoms with van der Waals surface area (Å²) in [5.41, 5.74) is 3.26.